The van der Waals surface area contributed by atoms with Crippen LogP contribution in [0.25, 0.3) is 0 Å². The third-order valence-electron chi connectivity index (χ3n) is 3.90. The smallest absolute Gasteiger partial charge is 0.244 e. The number of amides is 1. The molecule has 116 valence electrons. The second-order valence-electron chi connectivity index (χ2n) is 6.16. The molecule has 0 aliphatic heterocycles. The normalized spacial score (nSPS) is 16.0. The van der Waals surface area contributed by atoms with Crippen molar-refractivity contribution in [3.8, 4) is 5.75 Å². The Morgan fingerprint density at radius 2 is 1.86 bits per heavy atom. The van der Waals surface area contributed by atoms with Gasteiger partial charge in [0.25, 0.3) is 0 Å². The number of hydrogen-bond donors (Lipinski definition) is 2. The fourth-order valence-electron chi connectivity index (χ4n) is 2.63. The van der Waals surface area contributed by atoms with Gasteiger partial charge in [-0.05, 0) is 70.3 Å². The van der Waals surface area contributed by atoms with Crippen LogP contribution in [0, 0.1) is 0 Å². The monoisotopic (exact) mass is 290 g/mol. The molecule has 0 bridgehead atoms. The Balaban J connectivity index is 1.91. The average Bonchev–Trinajstić information content (AvgIpc) is 2.94. The molecule has 0 spiro atoms. The van der Waals surface area contributed by atoms with Crippen LogP contribution in [0.4, 0.5) is 5.69 Å². The lowest BCUT2D eigenvalue weighted by molar-refractivity contribution is -0.121. The largest absolute Gasteiger partial charge is 0.490 e. The lowest BCUT2D eigenvalue weighted by atomic mass is 10.0. The van der Waals surface area contributed by atoms with Crippen LogP contribution in [-0.4, -0.2) is 24.1 Å². The van der Waals surface area contributed by atoms with Crippen LogP contribution in [0.5, 0.6) is 5.75 Å². The van der Waals surface area contributed by atoms with Crippen LogP contribution in [0.2, 0.25) is 0 Å². The van der Waals surface area contributed by atoms with Crippen LogP contribution in [0.3, 0.4) is 0 Å². The minimum absolute atomic E-state index is 0.0335. The van der Waals surface area contributed by atoms with E-state index in [1.54, 1.807) is 0 Å². The number of nitrogens with one attached hydrogen (secondary N) is 2. The first kappa shape index (κ1) is 15.8. The third kappa shape index (κ3) is 4.46. The molecular weight excluding hydrogens is 264 g/mol. The van der Waals surface area contributed by atoms with Crippen molar-refractivity contribution in [1.82, 2.24) is 5.32 Å². The van der Waals surface area contributed by atoms with E-state index >= 15 is 0 Å². The Hall–Kier alpha value is -1.55. The first-order chi connectivity index (χ1) is 10.0. The van der Waals surface area contributed by atoms with Crippen molar-refractivity contribution in [2.24, 2.45) is 0 Å². The zero-order valence-electron chi connectivity index (χ0n) is 13.2. The number of carbonyl (C=O) groups excluding carboxylic acids is 1. The number of ether oxygens (including phenoxy) is 1. The molecule has 2 N–H and O–H groups in total. The Morgan fingerprint density at radius 1 is 1.24 bits per heavy atom. The van der Waals surface area contributed by atoms with Gasteiger partial charge in [0.15, 0.2) is 0 Å². The molecule has 0 saturated heterocycles. The Bertz CT molecular complexity index is 462. The molecule has 0 unspecified atom stereocenters. The van der Waals surface area contributed by atoms with Crippen molar-refractivity contribution in [1.29, 1.82) is 0 Å². The number of rotatable bonds is 6. The summed E-state index contributed by atoms with van der Waals surface area (Å²) < 4.78 is 5.92. The van der Waals surface area contributed by atoms with Crippen LogP contribution in [0.15, 0.2) is 24.3 Å². The van der Waals surface area contributed by atoms with Crippen molar-refractivity contribution in [2.75, 3.05) is 11.9 Å². The van der Waals surface area contributed by atoms with Gasteiger partial charge in [0.05, 0.1) is 11.6 Å². The van der Waals surface area contributed by atoms with E-state index in [-0.39, 0.29) is 5.91 Å². The summed E-state index contributed by atoms with van der Waals surface area (Å²) in [5, 5.41) is 6.10. The van der Waals surface area contributed by atoms with Crippen molar-refractivity contribution < 1.29 is 9.53 Å². The minimum atomic E-state index is -0.576. The molecule has 1 aromatic rings. The first-order valence-electron chi connectivity index (χ1n) is 7.84. The molecule has 1 aromatic carbocycles. The summed E-state index contributed by atoms with van der Waals surface area (Å²) in [7, 11) is 0. The van der Waals surface area contributed by atoms with E-state index in [0.29, 0.717) is 6.10 Å². The van der Waals surface area contributed by atoms with Gasteiger partial charge in [0.2, 0.25) is 5.91 Å². The lowest BCUT2D eigenvalue weighted by Gasteiger charge is -2.24. The highest BCUT2D eigenvalue weighted by Gasteiger charge is 2.26. The Labute approximate surface area is 127 Å². The summed E-state index contributed by atoms with van der Waals surface area (Å²) in [5.41, 5.74) is 0.220. The molecule has 1 aliphatic carbocycles. The van der Waals surface area contributed by atoms with E-state index in [1.807, 2.05) is 45.0 Å². The van der Waals surface area contributed by atoms with Crippen LogP contribution in [0.1, 0.15) is 46.5 Å². The number of benzene rings is 1. The average molecular weight is 290 g/mol. The zero-order chi connectivity index (χ0) is 15.3. The fourth-order valence-corrected chi connectivity index (χ4v) is 2.63. The SMILES string of the molecule is CCNC(C)(C)C(=O)Nc1ccc(OC2CCCC2)cc1. The van der Waals surface area contributed by atoms with Gasteiger partial charge >= 0.3 is 0 Å². The molecule has 0 atom stereocenters. The number of likely N-dealkylation sites (N-methyl/N-ethyl adjacent to an activating group) is 1. The number of carbonyl (C=O) groups is 1. The van der Waals surface area contributed by atoms with Gasteiger partial charge in [-0.15, -0.1) is 0 Å². The molecule has 1 amide bonds. The molecule has 4 heteroatoms. The molecule has 2 rings (SSSR count). The predicted octanol–water partition coefficient (Wildman–Crippen LogP) is 3.33. The molecule has 1 saturated carbocycles. The van der Waals surface area contributed by atoms with Crippen molar-refractivity contribution in [3.05, 3.63) is 24.3 Å². The van der Waals surface area contributed by atoms with Crippen LogP contribution < -0.4 is 15.4 Å². The molecule has 0 heterocycles. The van der Waals surface area contributed by atoms with Crippen LogP contribution in [-0.2, 0) is 4.79 Å². The van der Waals surface area contributed by atoms with Crippen LogP contribution >= 0.6 is 0 Å². The number of anilines is 1. The van der Waals surface area contributed by atoms with E-state index < -0.39 is 5.54 Å². The van der Waals surface area contributed by atoms with Gasteiger partial charge in [-0.1, -0.05) is 6.92 Å². The van der Waals surface area contributed by atoms with Gasteiger partial charge in [-0.2, -0.15) is 0 Å². The van der Waals surface area contributed by atoms with Gasteiger partial charge in [-0.3, -0.25) is 4.79 Å². The van der Waals surface area contributed by atoms with E-state index in [4.69, 9.17) is 4.74 Å². The first-order valence-corrected chi connectivity index (χ1v) is 7.84. The molecular formula is C17H26N2O2. The highest BCUT2D eigenvalue weighted by Crippen LogP contribution is 2.25. The van der Waals surface area contributed by atoms with Gasteiger partial charge in [-0.25, -0.2) is 0 Å². The summed E-state index contributed by atoms with van der Waals surface area (Å²) in [6.07, 6.45) is 5.18. The van der Waals surface area contributed by atoms with Crippen molar-refractivity contribution >= 4 is 11.6 Å². The standard InChI is InChI=1S/C17H26N2O2/c1-4-18-17(2,3)16(20)19-13-9-11-15(12-10-13)21-14-7-5-6-8-14/h9-12,14,18H,4-8H2,1-3H3,(H,19,20). The second-order valence-corrected chi connectivity index (χ2v) is 6.16. The van der Waals surface area contributed by atoms with Crippen molar-refractivity contribution in [3.63, 3.8) is 0 Å². The highest BCUT2D eigenvalue weighted by molar-refractivity contribution is 5.97. The minimum Gasteiger partial charge on any atom is -0.490 e. The van der Waals surface area contributed by atoms with E-state index in [2.05, 4.69) is 10.6 Å². The summed E-state index contributed by atoms with van der Waals surface area (Å²) in [6.45, 7) is 6.51. The van der Waals surface area contributed by atoms with E-state index in [0.717, 1.165) is 30.8 Å². The maximum atomic E-state index is 12.2. The second kappa shape index (κ2) is 6.94. The summed E-state index contributed by atoms with van der Waals surface area (Å²) in [4.78, 5) is 12.2. The maximum Gasteiger partial charge on any atom is 0.244 e. The predicted molar refractivity (Wildman–Crippen MR) is 85.7 cm³/mol. The summed E-state index contributed by atoms with van der Waals surface area (Å²) >= 11 is 0. The topological polar surface area (TPSA) is 50.4 Å². The lowest BCUT2D eigenvalue weighted by Crippen LogP contribution is -2.49. The molecule has 1 fully saturated rings. The maximum absolute atomic E-state index is 12.2. The molecule has 4 nitrogen and oxygen atoms in total. The summed E-state index contributed by atoms with van der Waals surface area (Å²) in [6, 6.07) is 7.64. The number of hydrogen-bond acceptors (Lipinski definition) is 3. The highest BCUT2D eigenvalue weighted by atomic mass is 16.5. The Morgan fingerprint density at radius 3 is 2.43 bits per heavy atom. The van der Waals surface area contributed by atoms with E-state index in [9.17, 15) is 4.79 Å². The Kier molecular flexibility index (Phi) is 5.23. The van der Waals surface area contributed by atoms with Gasteiger partial charge < -0.3 is 15.4 Å². The van der Waals surface area contributed by atoms with Gasteiger partial charge in [0.1, 0.15) is 5.75 Å². The van der Waals surface area contributed by atoms with E-state index in [1.165, 1.54) is 12.8 Å². The quantitative estimate of drug-likeness (QED) is 0.845. The molecule has 0 aromatic heterocycles. The zero-order valence-corrected chi connectivity index (χ0v) is 13.2. The molecule has 1 aliphatic rings. The van der Waals surface area contributed by atoms with Crippen molar-refractivity contribution in [2.45, 2.75) is 58.1 Å². The third-order valence-corrected chi connectivity index (χ3v) is 3.90. The summed E-state index contributed by atoms with van der Waals surface area (Å²) in [5.74, 6) is 0.847. The molecule has 0 radical (unpaired) electrons. The fraction of sp³-hybridized carbons (Fsp3) is 0.588. The van der Waals surface area contributed by atoms with Gasteiger partial charge in [0, 0.05) is 5.69 Å². The molecule has 21 heavy (non-hydrogen) atoms.